The van der Waals surface area contributed by atoms with Gasteiger partial charge in [0.15, 0.2) is 0 Å². The van der Waals surface area contributed by atoms with Gasteiger partial charge in [0.2, 0.25) is 0 Å². The minimum absolute atomic E-state index is 0.177. The van der Waals surface area contributed by atoms with Gasteiger partial charge >= 0.3 is 5.69 Å². The fourth-order valence-electron chi connectivity index (χ4n) is 1.84. The highest BCUT2D eigenvalue weighted by molar-refractivity contribution is 5.06. The third-order valence-electron chi connectivity index (χ3n) is 2.71. The summed E-state index contributed by atoms with van der Waals surface area (Å²) in [6.45, 7) is 4.59. The first-order valence-corrected chi connectivity index (χ1v) is 5.97. The van der Waals surface area contributed by atoms with E-state index in [9.17, 15) is 9.59 Å². The molecule has 0 bridgehead atoms. The van der Waals surface area contributed by atoms with Crippen LogP contribution in [-0.4, -0.2) is 9.13 Å². The van der Waals surface area contributed by atoms with Crippen LogP contribution in [0.4, 0.5) is 0 Å². The van der Waals surface area contributed by atoms with E-state index in [0.29, 0.717) is 12.3 Å². The molecule has 0 amide bonds. The Kier molecular flexibility index (Phi) is 3.50. The van der Waals surface area contributed by atoms with E-state index < -0.39 is 0 Å². The van der Waals surface area contributed by atoms with Crippen molar-refractivity contribution in [2.45, 2.75) is 33.4 Å². The van der Waals surface area contributed by atoms with Crippen LogP contribution >= 0.6 is 0 Å². The fraction of sp³-hybridized carbons (Fsp3) is 0.385. The summed E-state index contributed by atoms with van der Waals surface area (Å²) in [5.41, 5.74) is -0.597. The van der Waals surface area contributed by atoms with Gasteiger partial charge in [0.25, 0.3) is 5.56 Å². The average Bonchev–Trinajstić information content (AvgIpc) is 2.74. The molecule has 0 fully saturated rings. The smallest absolute Gasteiger partial charge is 0.331 e. The molecule has 2 rings (SSSR count). The van der Waals surface area contributed by atoms with E-state index in [1.165, 1.54) is 21.4 Å². The van der Waals surface area contributed by atoms with Crippen molar-refractivity contribution in [2.24, 2.45) is 0 Å². The normalized spacial score (nSPS) is 10.8. The molecule has 5 nitrogen and oxygen atoms in total. The first-order chi connectivity index (χ1) is 8.61. The summed E-state index contributed by atoms with van der Waals surface area (Å²) < 4.78 is 8.12. The standard InChI is InChI=1S/C13H16N2O3/c1-3-7-14-8-6-12(16)15(13(14)17)9-11-5-4-10(2)18-11/h4-6,8H,3,7,9H2,1-2H3. The zero-order chi connectivity index (χ0) is 13.1. The van der Waals surface area contributed by atoms with Gasteiger partial charge in [0, 0.05) is 18.8 Å². The van der Waals surface area contributed by atoms with Crippen molar-refractivity contribution < 1.29 is 4.42 Å². The molecule has 0 aromatic carbocycles. The highest BCUT2D eigenvalue weighted by atomic mass is 16.3. The van der Waals surface area contributed by atoms with Crippen molar-refractivity contribution in [3.63, 3.8) is 0 Å². The first kappa shape index (κ1) is 12.4. The summed E-state index contributed by atoms with van der Waals surface area (Å²) in [7, 11) is 0. The average molecular weight is 248 g/mol. The molecule has 0 atom stereocenters. The van der Waals surface area contributed by atoms with Crippen molar-refractivity contribution >= 4 is 0 Å². The molecule has 0 radical (unpaired) electrons. The van der Waals surface area contributed by atoms with E-state index in [1.807, 2.05) is 19.9 Å². The van der Waals surface area contributed by atoms with E-state index in [0.717, 1.165) is 12.2 Å². The third kappa shape index (κ3) is 2.45. The predicted molar refractivity (Wildman–Crippen MR) is 67.8 cm³/mol. The quantitative estimate of drug-likeness (QED) is 0.821. The van der Waals surface area contributed by atoms with Crippen LogP contribution in [0, 0.1) is 6.92 Å². The molecule has 0 unspecified atom stereocenters. The van der Waals surface area contributed by atoms with E-state index >= 15 is 0 Å². The fourth-order valence-corrected chi connectivity index (χ4v) is 1.84. The number of rotatable bonds is 4. The van der Waals surface area contributed by atoms with Gasteiger partial charge in [-0.2, -0.15) is 0 Å². The maximum atomic E-state index is 12.1. The van der Waals surface area contributed by atoms with Gasteiger partial charge in [0.1, 0.15) is 11.5 Å². The minimum atomic E-state index is -0.304. The molecule has 0 aliphatic carbocycles. The van der Waals surface area contributed by atoms with Crippen LogP contribution in [0.25, 0.3) is 0 Å². The summed E-state index contributed by atoms with van der Waals surface area (Å²) in [6, 6.07) is 5.00. The van der Waals surface area contributed by atoms with E-state index in [4.69, 9.17) is 4.42 Å². The second kappa shape index (κ2) is 5.08. The number of hydrogen-bond donors (Lipinski definition) is 0. The summed E-state index contributed by atoms with van der Waals surface area (Å²) in [6.07, 6.45) is 2.38. The van der Waals surface area contributed by atoms with Crippen LogP contribution < -0.4 is 11.2 Å². The van der Waals surface area contributed by atoms with Crippen LogP contribution in [0.1, 0.15) is 24.9 Å². The van der Waals surface area contributed by atoms with Crippen molar-refractivity contribution in [3.05, 3.63) is 56.8 Å². The molecular formula is C13H16N2O3. The van der Waals surface area contributed by atoms with Gasteiger partial charge in [-0.15, -0.1) is 0 Å². The van der Waals surface area contributed by atoms with E-state index in [1.54, 1.807) is 6.07 Å². The lowest BCUT2D eigenvalue weighted by Gasteiger charge is -2.07. The van der Waals surface area contributed by atoms with Gasteiger partial charge in [-0.1, -0.05) is 6.92 Å². The molecule has 2 aromatic rings. The Hall–Kier alpha value is -2.04. The van der Waals surface area contributed by atoms with Gasteiger partial charge in [-0.3, -0.25) is 9.36 Å². The lowest BCUT2D eigenvalue weighted by molar-refractivity contribution is 0.454. The summed E-state index contributed by atoms with van der Waals surface area (Å²) >= 11 is 0. The van der Waals surface area contributed by atoms with Crippen LogP contribution in [0.2, 0.25) is 0 Å². The first-order valence-electron chi connectivity index (χ1n) is 5.97. The number of aryl methyl sites for hydroxylation is 2. The Morgan fingerprint density at radius 1 is 1.22 bits per heavy atom. The predicted octanol–water partition coefficient (Wildman–Crippen LogP) is 1.37. The van der Waals surface area contributed by atoms with Crippen molar-refractivity contribution in [1.29, 1.82) is 0 Å². The van der Waals surface area contributed by atoms with Gasteiger partial charge < -0.3 is 8.98 Å². The molecule has 0 saturated carbocycles. The molecule has 2 aromatic heterocycles. The number of hydrogen-bond acceptors (Lipinski definition) is 3. The summed E-state index contributed by atoms with van der Waals surface area (Å²) in [4.78, 5) is 23.8. The molecule has 0 aliphatic heterocycles. The van der Waals surface area contributed by atoms with Crippen molar-refractivity contribution in [1.82, 2.24) is 9.13 Å². The Bertz CT molecular complexity index is 649. The third-order valence-corrected chi connectivity index (χ3v) is 2.71. The van der Waals surface area contributed by atoms with Crippen molar-refractivity contribution in [2.75, 3.05) is 0 Å². The SMILES string of the molecule is CCCn1ccc(=O)n(Cc2ccc(C)o2)c1=O. The second-order valence-electron chi connectivity index (χ2n) is 4.23. The molecule has 0 saturated heterocycles. The molecule has 2 heterocycles. The summed E-state index contributed by atoms with van der Waals surface area (Å²) in [5, 5.41) is 0. The monoisotopic (exact) mass is 248 g/mol. The van der Waals surface area contributed by atoms with Crippen LogP contribution in [0.15, 0.2) is 38.4 Å². The highest BCUT2D eigenvalue weighted by Gasteiger charge is 2.07. The molecule has 0 N–H and O–H groups in total. The van der Waals surface area contributed by atoms with Gasteiger partial charge in [0.05, 0.1) is 6.54 Å². The zero-order valence-electron chi connectivity index (χ0n) is 10.5. The Morgan fingerprint density at radius 3 is 2.61 bits per heavy atom. The van der Waals surface area contributed by atoms with Crippen LogP contribution in [0.3, 0.4) is 0 Å². The second-order valence-corrected chi connectivity index (χ2v) is 4.23. The van der Waals surface area contributed by atoms with Crippen LogP contribution in [-0.2, 0) is 13.1 Å². The molecule has 5 heteroatoms. The highest BCUT2D eigenvalue weighted by Crippen LogP contribution is 2.06. The maximum Gasteiger partial charge on any atom is 0.331 e. The topological polar surface area (TPSA) is 57.1 Å². The molecular weight excluding hydrogens is 232 g/mol. The zero-order valence-corrected chi connectivity index (χ0v) is 10.5. The number of aromatic nitrogens is 2. The Morgan fingerprint density at radius 2 is 2.00 bits per heavy atom. The van der Waals surface area contributed by atoms with Gasteiger partial charge in [-0.25, -0.2) is 4.79 Å². The Labute approximate surface area is 104 Å². The molecule has 0 aliphatic rings. The lowest BCUT2D eigenvalue weighted by atomic mass is 10.4. The minimum Gasteiger partial charge on any atom is -0.464 e. The van der Waals surface area contributed by atoms with Gasteiger partial charge in [-0.05, 0) is 25.5 Å². The lowest BCUT2D eigenvalue weighted by Crippen LogP contribution is -2.39. The molecule has 96 valence electrons. The Balaban J connectivity index is 2.40. The summed E-state index contributed by atoms with van der Waals surface area (Å²) in [5.74, 6) is 1.38. The number of furan rings is 1. The molecule has 0 spiro atoms. The molecule has 18 heavy (non-hydrogen) atoms. The maximum absolute atomic E-state index is 12.1. The van der Waals surface area contributed by atoms with Crippen molar-refractivity contribution in [3.8, 4) is 0 Å². The van der Waals surface area contributed by atoms with Crippen LogP contribution in [0.5, 0.6) is 0 Å². The van der Waals surface area contributed by atoms with E-state index in [2.05, 4.69) is 0 Å². The number of nitrogens with zero attached hydrogens (tertiary/aromatic N) is 2. The largest absolute Gasteiger partial charge is 0.464 e. The van der Waals surface area contributed by atoms with E-state index in [-0.39, 0.29) is 17.8 Å².